The summed E-state index contributed by atoms with van der Waals surface area (Å²) in [6, 6.07) is 6.36. The highest BCUT2D eigenvalue weighted by Crippen LogP contribution is 2.37. The van der Waals surface area contributed by atoms with Gasteiger partial charge in [-0.3, -0.25) is 0 Å². The summed E-state index contributed by atoms with van der Waals surface area (Å²) in [4.78, 5) is 0. The first-order valence-corrected chi connectivity index (χ1v) is 5.96. The van der Waals surface area contributed by atoms with Crippen LogP contribution in [-0.4, -0.2) is 0 Å². The molecule has 0 unspecified atom stereocenters. The molecule has 0 atom stereocenters. The molecule has 0 fully saturated rings. The van der Waals surface area contributed by atoms with Gasteiger partial charge in [0.05, 0.1) is 5.02 Å². The van der Waals surface area contributed by atoms with Gasteiger partial charge in [-0.05, 0) is 29.0 Å². The van der Waals surface area contributed by atoms with Gasteiger partial charge in [-0.1, -0.05) is 33.6 Å². The third-order valence-electron chi connectivity index (χ3n) is 2.51. The molecule has 0 bridgehead atoms. The predicted octanol–water partition coefficient (Wildman–Crippen LogP) is 5.66. The number of hydrogen-bond acceptors (Lipinski definition) is 0. The zero-order valence-electron chi connectivity index (χ0n) is 8.48. The summed E-state index contributed by atoms with van der Waals surface area (Å²) in [5.41, 5.74) is -0.211. The average molecular weight is 324 g/mol. The average Bonchev–Trinajstić information content (AvgIpc) is 2.28. The summed E-state index contributed by atoms with van der Waals surface area (Å²) in [5.74, 6) is 0. The molecule has 2 rings (SSSR count). The maximum Gasteiger partial charge on any atom is 0.265 e. The Morgan fingerprint density at radius 2 is 1.94 bits per heavy atom. The van der Waals surface area contributed by atoms with E-state index in [2.05, 4.69) is 15.9 Å². The Hall–Kier alpha value is -0.740. The molecule has 0 radical (unpaired) electrons. The molecule has 0 saturated heterocycles. The van der Waals surface area contributed by atoms with Crippen LogP contribution in [0.3, 0.4) is 0 Å². The highest BCUT2D eigenvalue weighted by Gasteiger charge is 2.19. The third kappa shape index (κ3) is 2.29. The Kier molecular flexibility index (Phi) is 3.64. The van der Waals surface area contributed by atoms with Gasteiger partial charge in [-0.15, -0.1) is 0 Å². The molecule has 0 heterocycles. The smallest absolute Gasteiger partial charge is 0.246 e. The standard InChI is InChI=1S/C12H7BrClF3/c13-8-1-2-9-6(4-8)3-7(5-15)11(14)10(9)12(16)17/h1-4,12H,5H2. The second-order valence-corrected chi connectivity index (χ2v) is 4.86. The first kappa shape index (κ1) is 12.7. The molecule has 2 aromatic carbocycles. The molecule has 5 heteroatoms. The van der Waals surface area contributed by atoms with Crippen molar-refractivity contribution in [2.75, 3.05) is 0 Å². The highest BCUT2D eigenvalue weighted by molar-refractivity contribution is 9.10. The van der Waals surface area contributed by atoms with E-state index in [0.717, 1.165) is 4.47 Å². The number of fused-ring (bicyclic) bond motifs is 1. The summed E-state index contributed by atoms with van der Waals surface area (Å²) in [7, 11) is 0. The molecule has 0 saturated carbocycles. The van der Waals surface area contributed by atoms with Crippen LogP contribution in [0.25, 0.3) is 10.8 Å². The molecular formula is C12H7BrClF3. The fourth-order valence-corrected chi connectivity index (χ4v) is 2.42. The van der Waals surface area contributed by atoms with Crippen molar-refractivity contribution >= 4 is 38.3 Å². The lowest BCUT2D eigenvalue weighted by atomic mass is 10.0. The van der Waals surface area contributed by atoms with Crippen molar-refractivity contribution in [2.24, 2.45) is 0 Å². The molecule has 0 aromatic heterocycles. The van der Waals surface area contributed by atoms with Gasteiger partial charge in [0.1, 0.15) is 6.67 Å². The Bertz CT molecular complexity index is 569. The summed E-state index contributed by atoms with van der Waals surface area (Å²) >= 11 is 9.04. The molecule has 0 N–H and O–H groups in total. The summed E-state index contributed by atoms with van der Waals surface area (Å²) in [6.45, 7) is -0.860. The quantitative estimate of drug-likeness (QED) is 0.668. The van der Waals surface area contributed by atoms with Gasteiger partial charge in [0, 0.05) is 15.6 Å². The van der Waals surface area contributed by atoms with Crippen LogP contribution >= 0.6 is 27.5 Å². The largest absolute Gasteiger partial charge is 0.265 e. The second kappa shape index (κ2) is 4.86. The SMILES string of the molecule is FCc1cc2cc(Br)ccc2c(C(F)F)c1Cl. The van der Waals surface area contributed by atoms with Gasteiger partial charge < -0.3 is 0 Å². The minimum Gasteiger partial charge on any atom is -0.246 e. The van der Waals surface area contributed by atoms with E-state index in [4.69, 9.17) is 11.6 Å². The van der Waals surface area contributed by atoms with E-state index in [1.807, 2.05) is 0 Å². The molecule has 0 nitrogen and oxygen atoms in total. The molecule has 2 aromatic rings. The van der Waals surface area contributed by atoms with Crippen molar-refractivity contribution in [1.29, 1.82) is 0 Å². The monoisotopic (exact) mass is 322 g/mol. The molecule has 0 aliphatic heterocycles. The summed E-state index contributed by atoms with van der Waals surface area (Å²) in [5, 5.41) is 0.717. The minimum atomic E-state index is -2.72. The van der Waals surface area contributed by atoms with Crippen molar-refractivity contribution in [1.82, 2.24) is 0 Å². The lowest BCUT2D eigenvalue weighted by Gasteiger charge is -2.11. The molecule has 0 amide bonds. The van der Waals surface area contributed by atoms with Crippen molar-refractivity contribution < 1.29 is 13.2 Å². The first-order chi connectivity index (χ1) is 8.04. The molecule has 0 aliphatic rings. The molecular weight excluding hydrogens is 316 g/mol. The number of halogens is 5. The maximum atomic E-state index is 13.0. The number of hydrogen-bond donors (Lipinski definition) is 0. The Balaban J connectivity index is 2.86. The van der Waals surface area contributed by atoms with Crippen molar-refractivity contribution in [3.05, 3.63) is 44.9 Å². The van der Waals surface area contributed by atoms with Crippen LogP contribution in [0.1, 0.15) is 17.6 Å². The summed E-state index contributed by atoms with van der Waals surface area (Å²) < 4.78 is 39.4. The van der Waals surface area contributed by atoms with Crippen LogP contribution in [0.5, 0.6) is 0 Å². The lowest BCUT2D eigenvalue weighted by molar-refractivity contribution is 0.153. The third-order valence-corrected chi connectivity index (χ3v) is 3.45. The number of rotatable bonds is 2. The van der Waals surface area contributed by atoms with Gasteiger partial charge in [-0.2, -0.15) is 0 Å². The highest BCUT2D eigenvalue weighted by atomic mass is 79.9. The van der Waals surface area contributed by atoms with Crippen molar-refractivity contribution in [3.8, 4) is 0 Å². The molecule has 0 aliphatic carbocycles. The number of alkyl halides is 3. The van der Waals surface area contributed by atoms with E-state index >= 15 is 0 Å². The Morgan fingerprint density at radius 1 is 1.24 bits per heavy atom. The van der Waals surface area contributed by atoms with Crippen LogP contribution < -0.4 is 0 Å². The van der Waals surface area contributed by atoms with E-state index in [0.29, 0.717) is 10.8 Å². The van der Waals surface area contributed by atoms with Crippen molar-refractivity contribution in [2.45, 2.75) is 13.1 Å². The van der Waals surface area contributed by atoms with Crippen LogP contribution in [0.2, 0.25) is 5.02 Å². The van der Waals surface area contributed by atoms with E-state index < -0.39 is 13.1 Å². The van der Waals surface area contributed by atoms with Crippen LogP contribution in [0.4, 0.5) is 13.2 Å². The van der Waals surface area contributed by atoms with Crippen LogP contribution in [0, 0.1) is 0 Å². The fraction of sp³-hybridized carbons (Fsp3) is 0.167. The first-order valence-electron chi connectivity index (χ1n) is 4.79. The van der Waals surface area contributed by atoms with Gasteiger partial charge in [0.25, 0.3) is 6.43 Å². The van der Waals surface area contributed by atoms with Crippen LogP contribution in [0.15, 0.2) is 28.7 Å². The zero-order valence-corrected chi connectivity index (χ0v) is 10.8. The molecule has 90 valence electrons. The fourth-order valence-electron chi connectivity index (χ4n) is 1.75. The summed E-state index contributed by atoms with van der Waals surface area (Å²) in [6.07, 6.45) is -2.72. The van der Waals surface area contributed by atoms with E-state index in [9.17, 15) is 13.2 Å². The lowest BCUT2D eigenvalue weighted by Crippen LogP contribution is -1.94. The van der Waals surface area contributed by atoms with E-state index in [1.54, 1.807) is 18.2 Å². The molecule has 0 spiro atoms. The second-order valence-electron chi connectivity index (χ2n) is 3.56. The molecule has 17 heavy (non-hydrogen) atoms. The van der Waals surface area contributed by atoms with Crippen molar-refractivity contribution in [3.63, 3.8) is 0 Å². The normalized spacial score (nSPS) is 11.4. The van der Waals surface area contributed by atoms with Gasteiger partial charge in [-0.25, -0.2) is 13.2 Å². The van der Waals surface area contributed by atoms with Gasteiger partial charge >= 0.3 is 0 Å². The number of benzene rings is 2. The topological polar surface area (TPSA) is 0 Å². The maximum absolute atomic E-state index is 13.0. The van der Waals surface area contributed by atoms with E-state index in [-0.39, 0.29) is 16.1 Å². The Morgan fingerprint density at radius 3 is 2.53 bits per heavy atom. The Labute approximate surface area is 110 Å². The van der Waals surface area contributed by atoms with Gasteiger partial charge in [0.15, 0.2) is 0 Å². The van der Waals surface area contributed by atoms with E-state index in [1.165, 1.54) is 6.07 Å². The van der Waals surface area contributed by atoms with Crippen LogP contribution in [-0.2, 0) is 6.67 Å². The predicted molar refractivity (Wildman–Crippen MR) is 66.4 cm³/mol. The van der Waals surface area contributed by atoms with Gasteiger partial charge in [0.2, 0.25) is 0 Å². The zero-order chi connectivity index (χ0) is 12.6. The minimum absolute atomic E-state index is 0.0903.